The minimum absolute atomic E-state index is 0.0722. The average molecular weight is 551 g/mol. The van der Waals surface area contributed by atoms with Gasteiger partial charge in [-0.1, -0.05) is 26.8 Å². The summed E-state index contributed by atoms with van der Waals surface area (Å²) < 4.78 is 5.38. The fourth-order valence-corrected chi connectivity index (χ4v) is 4.69. The van der Waals surface area contributed by atoms with Crippen molar-refractivity contribution in [2.45, 2.75) is 58.5 Å². The molecule has 2 unspecified atom stereocenters. The first kappa shape index (κ1) is 30.2. The fraction of sp³-hybridized carbons (Fsp3) is 0.483. The van der Waals surface area contributed by atoms with Crippen molar-refractivity contribution in [2.24, 2.45) is 11.8 Å². The minimum Gasteiger partial charge on any atom is -0.496 e. The molecule has 4 amide bonds. The number of nitrogens with one attached hydrogen (secondary N) is 5. The number of carbonyl (C=O) groups excluding carboxylic acids is 4. The Balaban J connectivity index is 1.83. The highest BCUT2D eigenvalue weighted by molar-refractivity contribution is 6.01. The lowest BCUT2D eigenvalue weighted by Gasteiger charge is -2.24. The van der Waals surface area contributed by atoms with E-state index >= 15 is 0 Å². The van der Waals surface area contributed by atoms with Gasteiger partial charge in [0.05, 0.1) is 7.11 Å². The molecule has 3 rings (SSSR count). The maximum atomic E-state index is 13.5. The summed E-state index contributed by atoms with van der Waals surface area (Å²) in [6, 6.07) is 7.34. The van der Waals surface area contributed by atoms with Crippen LogP contribution >= 0.6 is 0 Å². The number of carbonyl (C=O) groups is 4. The zero-order chi connectivity index (χ0) is 29.2. The standard InChI is InChI=1S/C29H38N6O5/c1-5-10-31-27(37)19(16-30)14-20(13-18-9-11-32-26(18)36)33-28(38)23(12-17(2)3)35-29(39)24-15-21-22(34-24)7-6-8-25(21)40-4/h6-8,14-15,17-18,20,23,34H,5,9-13H2,1-4H3,(H,31,37)(H,32,36)(H,33,38)(H,35,39)/t18?,20?,23-/m0/s1. The van der Waals surface area contributed by atoms with Gasteiger partial charge in [0.2, 0.25) is 11.8 Å². The summed E-state index contributed by atoms with van der Waals surface area (Å²) in [4.78, 5) is 54.6. The molecular formula is C29H38N6O5. The highest BCUT2D eigenvalue weighted by Gasteiger charge is 2.30. The molecular weight excluding hydrogens is 512 g/mol. The van der Waals surface area contributed by atoms with Crippen LogP contribution in [0.5, 0.6) is 5.75 Å². The number of methoxy groups -OCH3 is 1. The van der Waals surface area contributed by atoms with Crippen molar-refractivity contribution in [3.05, 3.63) is 41.6 Å². The van der Waals surface area contributed by atoms with E-state index in [0.717, 1.165) is 10.9 Å². The van der Waals surface area contributed by atoms with Crippen molar-refractivity contribution in [2.75, 3.05) is 20.2 Å². The normalized spacial score (nSPS) is 16.6. The number of nitrogens with zero attached hydrogens (tertiary/aromatic N) is 1. The molecule has 5 N–H and O–H groups in total. The third-order valence-corrected chi connectivity index (χ3v) is 6.72. The number of amides is 4. The van der Waals surface area contributed by atoms with Crippen LogP contribution in [0.1, 0.15) is 56.9 Å². The number of hydrogen-bond acceptors (Lipinski definition) is 6. The van der Waals surface area contributed by atoms with Gasteiger partial charge in [0.25, 0.3) is 11.8 Å². The first-order valence-corrected chi connectivity index (χ1v) is 13.6. The number of fused-ring (bicyclic) bond motifs is 1. The molecule has 1 aromatic carbocycles. The van der Waals surface area contributed by atoms with Gasteiger partial charge in [-0.2, -0.15) is 5.26 Å². The van der Waals surface area contributed by atoms with Crippen LogP contribution in [0.15, 0.2) is 35.9 Å². The molecule has 1 aromatic heterocycles. The summed E-state index contributed by atoms with van der Waals surface area (Å²) in [5.41, 5.74) is 0.855. The van der Waals surface area contributed by atoms with E-state index < -0.39 is 29.8 Å². The van der Waals surface area contributed by atoms with Crippen LogP contribution in [0, 0.1) is 23.2 Å². The molecule has 1 fully saturated rings. The van der Waals surface area contributed by atoms with E-state index in [4.69, 9.17) is 4.74 Å². The van der Waals surface area contributed by atoms with Gasteiger partial charge in [0, 0.05) is 36.0 Å². The van der Waals surface area contributed by atoms with Gasteiger partial charge in [-0.3, -0.25) is 19.2 Å². The van der Waals surface area contributed by atoms with Crippen molar-refractivity contribution < 1.29 is 23.9 Å². The summed E-state index contributed by atoms with van der Waals surface area (Å²) >= 11 is 0. The predicted molar refractivity (Wildman–Crippen MR) is 150 cm³/mol. The van der Waals surface area contributed by atoms with Crippen LogP contribution in [0.25, 0.3) is 10.9 Å². The fourth-order valence-electron chi connectivity index (χ4n) is 4.69. The van der Waals surface area contributed by atoms with E-state index in [-0.39, 0.29) is 35.4 Å². The van der Waals surface area contributed by atoms with Crippen LogP contribution in [0.4, 0.5) is 0 Å². The van der Waals surface area contributed by atoms with Crippen LogP contribution < -0.4 is 26.0 Å². The molecule has 0 aliphatic carbocycles. The van der Waals surface area contributed by atoms with E-state index in [1.807, 2.05) is 39.0 Å². The third-order valence-electron chi connectivity index (χ3n) is 6.72. The van der Waals surface area contributed by atoms with E-state index in [1.165, 1.54) is 6.08 Å². The van der Waals surface area contributed by atoms with E-state index in [0.29, 0.717) is 38.1 Å². The number of hydrogen-bond donors (Lipinski definition) is 5. The Morgan fingerprint density at radius 3 is 2.65 bits per heavy atom. The molecule has 11 heteroatoms. The van der Waals surface area contributed by atoms with E-state index in [2.05, 4.69) is 26.3 Å². The molecule has 1 aliphatic rings. The van der Waals surface area contributed by atoms with Gasteiger partial charge >= 0.3 is 0 Å². The lowest BCUT2D eigenvalue weighted by atomic mass is 9.95. The molecule has 2 heterocycles. The first-order valence-electron chi connectivity index (χ1n) is 13.6. The first-order chi connectivity index (χ1) is 19.2. The molecule has 1 saturated heterocycles. The molecule has 0 saturated carbocycles. The Kier molecular flexibility index (Phi) is 10.7. The molecule has 40 heavy (non-hydrogen) atoms. The molecule has 0 spiro atoms. The highest BCUT2D eigenvalue weighted by atomic mass is 16.5. The molecule has 11 nitrogen and oxygen atoms in total. The summed E-state index contributed by atoms with van der Waals surface area (Å²) in [7, 11) is 1.55. The quantitative estimate of drug-likeness (QED) is 0.190. The van der Waals surface area contributed by atoms with Gasteiger partial charge in [0.1, 0.15) is 29.1 Å². The van der Waals surface area contributed by atoms with Gasteiger partial charge in [-0.15, -0.1) is 0 Å². The number of rotatable bonds is 13. The van der Waals surface area contributed by atoms with Gasteiger partial charge in [-0.25, -0.2) is 0 Å². The Morgan fingerprint density at radius 1 is 1.25 bits per heavy atom. The Morgan fingerprint density at radius 2 is 2.02 bits per heavy atom. The topological polar surface area (TPSA) is 165 Å². The van der Waals surface area contributed by atoms with Crippen molar-refractivity contribution in [3.8, 4) is 11.8 Å². The molecule has 1 aliphatic heterocycles. The number of benzene rings is 1. The second kappa shape index (κ2) is 14.2. The number of ether oxygens (including phenoxy) is 1. The van der Waals surface area contributed by atoms with Gasteiger partial charge in [-0.05, 0) is 55.9 Å². The Bertz CT molecular complexity index is 1310. The van der Waals surface area contributed by atoms with Crippen LogP contribution in [-0.4, -0.2) is 60.9 Å². The number of nitriles is 1. The van der Waals surface area contributed by atoms with E-state index in [1.54, 1.807) is 19.2 Å². The van der Waals surface area contributed by atoms with Crippen molar-refractivity contribution in [1.29, 1.82) is 5.26 Å². The summed E-state index contributed by atoms with van der Waals surface area (Å²) in [5.74, 6) is -1.29. The monoisotopic (exact) mass is 550 g/mol. The largest absolute Gasteiger partial charge is 0.496 e. The summed E-state index contributed by atoms with van der Waals surface area (Å²) in [6.07, 6.45) is 3.25. The van der Waals surface area contributed by atoms with Crippen molar-refractivity contribution in [3.63, 3.8) is 0 Å². The second-order valence-corrected chi connectivity index (χ2v) is 10.3. The molecule has 0 bridgehead atoms. The third kappa shape index (κ3) is 7.85. The number of aromatic amines is 1. The van der Waals surface area contributed by atoms with Crippen LogP contribution in [0.2, 0.25) is 0 Å². The molecule has 2 aromatic rings. The van der Waals surface area contributed by atoms with Crippen LogP contribution in [-0.2, 0) is 14.4 Å². The lowest BCUT2D eigenvalue weighted by Crippen LogP contribution is -2.50. The Hall–Kier alpha value is -4.33. The highest BCUT2D eigenvalue weighted by Crippen LogP contribution is 2.26. The summed E-state index contributed by atoms with van der Waals surface area (Å²) in [5, 5.41) is 21.5. The maximum Gasteiger partial charge on any atom is 0.268 e. The second-order valence-electron chi connectivity index (χ2n) is 10.3. The predicted octanol–water partition coefficient (Wildman–Crippen LogP) is 2.31. The Labute approximate surface area is 234 Å². The zero-order valence-corrected chi connectivity index (χ0v) is 23.4. The molecule has 214 valence electrons. The maximum absolute atomic E-state index is 13.5. The number of aromatic nitrogens is 1. The zero-order valence-electron chi connectivity index (χ0n) is 23.4. The molecule has 3 atom stereocenters. The SMILES string of the molecule is CCCNC(=O)C(C#N)=CC(CC1CCNC1=O)NC(=O)[C@H](CC(C)C)NC(=O)c1cc2c(OC)cccc2[nH]1. The average Bonchev–Trinajstić information content (AvgIpc) is 3.55. The van der Waals surface area contributed by atoms with Crippen LogP contribution in [0.3, 0.4) is 0 Å². The number of H-pyrrole nitrogens is 1. The smallest absolute Gasteiger partial charge is 0.268 e. The summed E-state index contributed by atoms with van der Waals surface area (Å²) in [6.45, 7) is 6.70. The van der Waals surface area contributed by atoms with Crippen molar-refractivity contribution >= 4 is 34.5 Å². The van der Waals surface area contributed by atoms with Gasteiger partial charge in [0.15, 0.2) is 0 Å². The lowest BCUT2D eigenvalue weighted by molar-refractivity contribution is -0.125. The van der Waals surface area contributed by atoms with E-state index in [9.17, 15) is 24.4 Å². The van der Waals surface area contributed by atoms with Gasteiger partial charge < -0.3 is 31.0 Å². The van der Waals surface area contributed by atoms with Crippen molar-refractivity contribution in [1.82, 2.24) is 26.3 Å². The minimum atomic E-state index is -0.895. The molecule has 0 radical (unpaired) electrons.